The van der Waals surface area contributed by atoms with Crippen molar-refractivity contribution in [2.24, 2.45) is 0 Å². The molecule has 1 heterocycles. The molecule has 25 heavy (non-hydrogen) atoms. The topological polar surface area (TPSA) is 32.7 Å². The smallest absolute Gasteiger partial charge is 0.226 e. The highest BCUT2D eigenvalue weighted by atomic mass is 28.4. The Labute approximate surface area is 154 Å². The Kier molecular flexibility index (Phi) is 6.97. The van der Waals surface area contributed by atoms with Crippen molar-refractivity contribution in [3.63, 3.8) is 0 Å². The van der Waals surface area contributed by atoms with Crippen LogP contribution in [0.15, 0.2) is 24.3 Å². The quantitative estimate of drug-likeness (QED) is 0.744. The average molecular weight is 362 g/mol. The molecular weight excluding hydrogens is 326 g/mol. The molecule has 1 atom stereocenters. The van der Waals surface area contributed by atoms with Crippen molar-refractivity contribution in [3.05, 3.63) is 24.3 Å². The minimum Gasteiger partial charge on any atom is -0.497 e. The van der Waals surface area contributed by atoms with Crippen LogP contribution in [0.2, 0.25) is 11.6 Å². The van der Waals surface area contributed by atoms with Gasteiger partial charge in [0, 0.05) is 5.19 Å². The second-order valence-corrected chi connectivity index (χ2v) is 11.7. The summed E-state index contributed by atoms with van der Waals surface area (Å²) >= 11 is 0. The van der Waals surface area contributed by atoms with E-state index in [4.69, 9.17) is 4.74 Å². The number of likely N-dealkylation sites (tertiary alicyclic amines) is 1. The fourth-order valence-electron chi connectivity index (χ4n) is 4.90. The largest absolute Gasteiger partial charge is 0.497 e. The second kappa shape index (κ2) is 9.20. The Morgan fingerprint density at radius 1 is 1.04 bits per heavy atom. The zero-order valence-corrected chi connectivity index (χ0v) is 16.9. The normalized spacial score (nSPS) is 22.5. The van der Waals surface area contributed by atoms with Gasteiger partial charge in [0.1, 0.15) is 5.75 Å². The molecule has 0 unspecified atom stereocenters. The predicted molar refractivity (Wildman–Crippen MR) is 107 cm³/mol. The van der Waals surface area contributed by atoms with Crippen molar-refractivity contribution in [3.8, 4) is 5.75 Å². The van der Waals surface area contributed by atoms with E-state index in [1.54, 1.807) is 7.11 Å². The summed E-state index contributed by atoms with van der Waals surface area (Å²) in [6.45, 7) is 3.65. The zero-order valence-electron chi connectivity index (χ0n) is 15.9. The Hall–Kier alpha value is -0.843. The molecule has 1 aliphatic heterocycles. The van der Waals surface area contributed by atoms with Crippen molar-refractivity contribution in [2.45, 2.75) is 69.4 Å². The summed E-state index contributed by atoms with van der Waals surface area (Å²) in [4.78, 5) is 14.6. The third kappa shape index (κ3) is 4.66. The SMILES string of the molecule is COc1ccccc1[Si@@](O)(CCCN1CCCCC1)C1CCCCC1. The maximum atomic E-state index is 12.0. The molecule has 0 bridgehead atoms. The number of ether oxygens (including phenoxy) is 1. The van der Waals surface area contributed by atoms with Gasteiger partial charge in [-0.3, -0.25) is 0 Å². The lowest BCUT2D eigenvalue weighted by Crippen LogP contribution is -2.53. The Balaban J connectivity index is 1.73. The van der Waals surface area contributed by atoms with Gasteiger partial charge in [-0.05, 0) is 56.5 Å². The molecular formula is C21H35NO2Si. The first-order valence-electron chi connectivity index (χ1n) is 10.3. The molecule has 0 radical (unpaired) electrons. The number of hydrogen-bond acceptors (Lipinski definition) is 3. The predicted octanol–water partition coefficient (Wildman–Crippen LogP) is 4.05. The number of piperidine rings is 1. The molecule has 0 aromatic heterocycles. The van der Waals surface area contributed by atoms with E-state index in [0.29, 0.717) is 5.54 Å². The summed E-state index contributed by atoms with van der Waals surface area (Å²) in [6, 6.07) is 9.24. The van der Waals surface area contributed by atoms with E-state index in [2.05, 4.69) is 17.0 Å². The molecule has 0 spiro atoms. The van der Waals surface area contributed by atoms with Crippen LogP contribution in [-0.2, 0) is 0 Å². The van der Waals surface area contributed by atoms with Crippen LogP contribution in [0.3, 0.4) is 0 Å². The number of nitrogens with zero attached hydrogens (tertiary/aromatic N) is 1. The number of rotatable bonds is 7. The first-order valence-corrected chi connectivity index (χ1v) is 12.6. The maximum Gasteiger partial charge on any atom is 0.226 e. The molecule has 1 N–H and O–H groups in total. The van der Waals surface area contributed by atoms with Gasteiger partial charge in [0.15, 0.2) is 0 Å². The number of methoxy groups -OCH3 is 1. The Morgan fingerprint density at radius 2 is 1.72 bits per heavy atom. The van der Waals surface area contributed by atoms with Gasteiger partial charge < -0.3 is 14.4 Å². The van der Waals surface area contributed by atoms with Gasteiger partial charge in [-0.25, -0.2) is 0 Å². The van der Waals surface area contributed by atoms with E-state index in [9.17, 15) is 4.80 Å². The summed E-state index contributed by atoms with van der Waals surface area (Å²) in [5.74, 6) is 0.903. The third-order valence-corrected chi connectivity index (χ3v) is 10.7. The van der Waals surface area contributed by atoms with Gasteiger partial charge in [-0.1, -0.05) is 56.7 Å². The minimum absolute atomic E-state index is 0.499. The Bertz CT molecular complexity index is 526. The van der Waals surface area contributed by atoms with E-state index < -0.39 is 8.32 Å². The molecule has 1 saturated carbocycles. The van der Waals surface area contributed by atoms with Gasteiger partial charge in [-0.2, -0.15) is 0 Å². The minimum atomic E-state index is -2.53. The van der Waals surface area contributed by atoms with Gasteiger partial charge in [0.05, 0.1) is 7.11 Å². The first-order chi connectivity index (χ1) is 12.2. The molecule has 140 valence electrons. The van der Waals surface area contributed by atoms with Crippen LogP contribution in [0.4, 0.5) is 0 Å². The van der Waals surface area contributed by atoms with Crippen LogP contribution >= 0.6 is 0 Å². The molecule has 0 amide bonds. The van der Waals surface area contributed by atoms with Crippen molar-refractivity contribution in [2.75, 3.05) is 26.7 Å². The average Bonchev–Trinajstić information content (AvgIpc) is 2.69. The van der Waals surface area contributed by atoms with Crippen LogP contribution in [-0.4, -0.2) is 44.8 Å². The second-order valence-electron chi connectivity index (χ2n) is 7.97. The highest BCUT2D eigenvalue weighted by Gasteiger charge is 2.43. The van der Waals surface area contributed by atoms with Crippen molar-refractivity contribution in [1.82, 2.24) is 4.90 Å². The van der Waals surface area contributed by atoms with Crippen molar-refractivity contribution >= 4 is 13.5 Å². The lowest BCUT2D eigenvalue weighted by Gasteiger charge is -2.38. The van der Waals surface area contributed by atoms with E-state index >= 15 is 0 Å². The van der Waals surface area contributed by atoms with Crippen molar-refractivity contribution in [1.29, 1.82) is 0 Å². The monoisotopic (exact) mass is 361 g/mol. The van der Waals surface area contributed by atoms with E-state index in [0.717, 1.165) is 29.9 Å². The van der Waals surface area contributed by atoms with Crippen LogP contribution < -0.4 is 9.92 Å². The lowest BCUT2D eigenvalue weighted by atomic mass is 10.0. The molecule has 4 heteroatoms. The molecule has 1 saturated heterocycles. The summed E-state index contributed by atoms with van der Waals surface area (Å²) in [5.41, 5.74) is 0.499. The Morgan fingerprint density at radius 3 is 2.44 bits per heavy atom. The van der Waals surface area contributed by atoms with Gasteiger partial charge >= 0.3 is 0 Å². The highest BCUT2D eigenvalue weighted by molar-refractivity contribution is 6.87. The lowest BCUT2D eigenvalue weighted by molar-refractivity contribution is 0.228. The van der Waals surface area contributed by atoms with E-state index in [1.165, 1.54) is 64.5 Å². The standard InChI is InChI=1S/C21H35NO2Si/c1-24-20-13-6-7-14-21(20)25(23,19-11-4-2-5-12-19)18-10-17-22-15-8-3-9-16-22/h6-7,13-14,19,23H,2-5,8-12,15-18H2,1H3/t25-/m1/s1. The first kappa shape index (κ1) is 18.9. The summed E-state index contributed by atoms with van der Waals surface area (Å²) in [6.07, 6.45) is 11.5. The van der Waals surface area contributed by atoms with Gasteiger partial charge in [0.2, 0.25) is 8.32 Å². The third-order valence-electron chi connectivity index (χ3n) is 6.33. The van der Waals surface area contributed by atoms with Crippen LogP contribution in [0.5, 0.6) is 5.75 Å². The fourth-order valence-corrected chi connectivity index (χ4v) is 9.07. The zero-order chi connectivity index (χ0) is 17.5. The van der Waals surface area contributed by atoms with Crippen LogP contribution in [0.1, 0.15) is 57.8 Å². The molecule has 1 aromatic rings. The van der Waals surface area contributed by atoms with Crippen LogP contribution in [0.25, 0.3) is 0 Å². The molecule has 1 aliphatic carbocycles. The van der Waals surface area contributed by atoms with E-state index in [1.807, 2.05) is 12.1 Å². The van der Waals surface area contributed by atoms with E-state index in [-0.39, 0.29) is 0 Å². The maximum absolute atomic E-state index is 12.0. The fraction of sp³-hybridized carbons (Fsp3) is 0.714. The molecule has 1 aromatic carbocycles. The molecule has 3 nitrogen and oxygen atoms in total. The molecule has 2 fully saturated rings. The summed E-state index contributed by atoms with van der Waals surface area (Å²) in [7, 11) is -0.788. The van der Waals surface area contributed by atoms with Crippen molar-refractivity contribution < 1.29 is 9.53 Å². The summed E-state index contributed by atoms with van der Waals surface area (Å²) in [5, 5.41) is 1.14. The number of benzene rings is 1. The molecule has 2 aliphatic rings. The van der Waals surface area contributed by atoms with Gasteiger partial charge in [-0.15, -0.1) is 0 Å². The number of para-hydroxylation sites is 1. The summed E-state index contributed by atoms with van der Waals surface area (Å²) < 4.78 is 5.64. The van der Waals surface area contributed by atoms with Crippen LogP contribution in [0, 0.1) is 0 Å². The molecule has 3 rings (SSSR count). The highest BCUT2D eigenvalue weighted by Crippen LogP contribution is 2.39. The van der Waals surface area contributed by atoms with Gasteiger partial charge in [0.25, 0.3) is 0 Å². The number of hydrogen-bond donors (Lipinski definition) is 1.